The van der Waals surface area contributed by atoms with Crippen LogP contribution in [-0.2, 0) is 11.3 Å². The summed E-state index contributed by atoms with van der Waals surface area (Å²) in [5.74, 6) is 0. The van der Waals surface area contributed by atoms with Gasteiger partial charge in [0.25, 0.3) is 0 Å². The van der Waals surface area contributed by atoms with E-state index in [1.54, 1.807) is 6.33 Å². The zero-order chi connectivity index (χ0) is 18.5. The second-order valence-electron chi connectivity index (χ2n) is 8.26. The highest BCUT2D eigenvalue weighted by Crippen LogP contribution is 2.31. The molecule has 148 valence electrons. The van der Waals surface area contributed by atoms with Crippen molar-refractivity contribution in [3.63, 3.8) is 0 Å². The van der Waals surface area contributed by atoms with Gasteiger partial charge in [-0.1, -0.05) is 19.3 Å². The molecule has 2 saturated heterocycles. The Morgan fingerprint density at radius 3 is 2.63 bits per heavy atom. The Kier molecular flexibility index (Phi) is 5.88. The van der Waals surface area contributed by atoms with Crippen LogP contribution in [0.4, 0.5) is 4.79 Å². The molecule has 7 heteroatoms. The molecule has 0 bridgehead atoms. The maximum Gasteiger partial charge on any atom is 0.317 e. The van der Waals surface area contributed by atoms with Gasteiger partial charge in [-0.3, -0.25) is 4.90 Å². The summed E-state index contributed by atoms with van der Waals surface area (Å²) in [7, 11) is 0. The summed E-state index contributed by atoms with van der Waals surface area (Å²) in [6.07, 6.45) is 13.2. The molecule has 7 nitrogen and oxygen atoms in total. The fourth-order valence-corrected chi connectivity index (χ4v) is 4.66. The molecule has 0 aromatic carbocycles. The summed E-state index contributed by atoms with van der Waals surface area (Å²) in [4.78, 5) is 25.2. The molecule has 1 saturated carbocycles. The minimum absolute atomic E-state index is 0.116. The summed E-state index contributed by atoms with van der Waals surface area (Å²) in [6, 6.07) is 0.488. The molecule has 0 radical (unpaired) electrons. The third kappa shape index (κ3) is 4.76. The van der Waals surface area contributed by atoms with E-state index >= 15 is 0 Å². The third-order valence-corrected chi connectivity index (χ3v) is 6.24. The van der Waals surface area contributed by atoms with Gasteiger partial charge in [0.05, 0.1) is 12.2 Å². The van der Waals surface area contributed by atoms with Crippen LogP contribution in [-0.4, -0.2) is 70.2 Å². The van der Waals surface area contributed by atoms with Gasteiger partial charge in [0.2, 0.25) is 0 Å². The molecule has 0 atom stereocenters. The standard InChI is InChI=1S/C20H31N5O2/c26-19(23-18-4-2-1-3-5-18)25-8-6-20(7-9-25)15-24(10-11-27-20)14-17-12-21-16-22-13-17/h12-13,16,18H,1-11,14-15H2,(H,23,26). The fourth-order valence-electron chi connectivity index (χ4n) is 4.66. The number of ether oxygens (including phenoxy) is 1. The fraction of sp³-hybridized carbons (Fsp3) is 0.750. The zero-order valence-corrected chi connectivity index (χ0v) is 16.1. The smallest absolute Gasteiger partial charge is 0.317 e. The molecule has 2 amide bonds. The molecule has 0 unspecified atom stereocenters. The largest absolute Gasteiger partial charge is 0.372 e. The number of nitrogens with one attached hydrogen (secondary N) is 1. The highest BCUT2D eigenvalue weighted by molar-refractivity contribution is 5.74. The topological polar surface area (TPSA) is 70.6 Å². The number of morpholine rings is 1. The summed E-state index contributed by atoms with van der Waals surface area (Å²) in [5.41, 5.74) is 1.02. The third-order valence-electron chi connectivity index (χ3n) is 6.24. The first-order valence-corrected chi connectivity index (χ1v) is 10.4. The lowest BCUT2D eigenvalue weighted by molar-refractivity contribution is -0.133. The molecule has 4 rings (SSSR count). The summed E-state index contributed by atoms with van der Waals surface area (Å²) >= 11 is 0. The molecule has 1 aromatic heterocycles. The van der Waals surface area contributed by atoms with Crippen LogP contribution in [0, 0.1) is 0 Å². The lowest BCUT2D eigenvalue weighted by Crippen LogP contribution is -2.58. The van der Waals surface area contributed by atoms with Gasteiger partial charge in [-0.15, -0.1) is 0 Å². The summed E-state index contributed by atoms with van der Waals surface area (Å²) in [5, 5.41) is 3.24. The molecule has 1 spiro atoms. The number of piperidine rings is 1. The van der Waals surface area contributed by atoms with Gasteiger partial charge < -0.3 is 15.0 Å². The van der Waals surface area contributed by atoms with Crippen molar-refractivity contribution in [2.45, 2.75) is 63.1 Å². The Labute approximate surface area is 161 Å². The highest BCUT2D eigenvalue weighted by Gasteiger charge is 2.40. The van der Waals surface area contributed by atoms with Crippen molar-refractivity contribution in [1.29, 1.82) is 0 Å². The van der Waals surface area contributed by atoms with Crippen LogP contribution >= 0.6 is 0 Å². The van der Waals surface area contributed by atoms with Crippen LogP contribution in [0.2, 0.25) is 0 Å². The number of likely N-dealkylation sites (tertiary alicyclic amines) is 1. The van der Waals surface area contributed by atoms with Gasteiger partial charge in [0.15, 0.2) is 0 Å². The number of hydrogen-bond donors (Lipinski definition) is 1. The van der Waals surface area contributed by atoms with E-state index in [-0.39, 0.29) is 11.6 Å². The minimum Gasteiger partial charge on any atom is -0.372 e. The monoisotopic (exact) mass is 373 g/mol. The average molecular weight is 374 g/mol. The second-order valence-corrected chi connectivity index (χ2v) is 8.26. The average Bonchev–Trinajstić information content (AvgIpc) is 2.70. The number of rotatable bonds is 3. The SMILES string of the molecule is O=C(NC1CCCCC1)N1CCC2(CC1)CN(Cc1cncnc1)CCO2. The van der Waals surface area contributed by atoms with Crippen molar-refractivity contribution >= 4 is 6.03 Å². The lowest BCUT2D eigenvalue weighted by Gasteiger charge is -2.47. The van der Waals surface area contributed by atoms with Crippen molar-refractivity contribution in [3.05, 3.63) is 24.3 Å². The lowest BCUT2D eigenvalue weighted by atomic mass is 9.89. The van der Waals surface area contributed by atoms with E-state index in [2.05, 4.69) is 20.2 Å². The molecular weight excluding hydrogens is 342 g/mol. The van der Waals surface area contributed by atoms with Crippen LogP contribution < -0.4 is 5.32 Å². The van der Waals surface area contributed by atoms with Crippen LogP contribution in [0.1, 0.15) is 50.5 Å². The van der Waals surface area contributed by atoms with Crippen LogP contribution in [0.15, 0.2) is 18.7 Å². The maximum absolute atomic E-state index is 12.6. The minimum atomic E-state index is -0.116. The number of carbonyl (C=O) groups excluding carboxylic acids is 1. The Balaban J connectivity index is 1.27. The first-order valence-electron chi connectivity index (χ1n) is 10.4. The van der Waals surface area contributed by atoms with E-state index in [9.17, 15) is 4.79 Å². The quantitative estimate of drug-likeness (QED) is 0.879. The first kappa shape index (κ1) is 18.6. The van der Waals surface area contributed by atoms with Crippen molar-refractivity contribution in [2.24, 2.45) is 0 Å². The Hall–Kier alpha value is -1.73. The van der Waals surface area contributed by atoms with E-state index < -0.39 is 0 Å². The Morgan fingerprint density at radius 1 is 1.15 bits per heavy atom. The Bertz CT molecular complexity index is 612. The van der Waals surface area contributed by atoms with Crippen LogP contribution in [0.3, 0.4) is 0 Å². The van der Waals surface area contributed by atoms with Crippen molar-refractivity contribution in [2.75, 3.05) is 32.8 Å². The van der Waals surface area contributed by atoms with Gasteiger partial charge in [-0.2, -0.15) is 0 Å². The molecule has 27 heavy (non-hydrogen) atoms. The predicted molar refractivity (Wildman–Crippen MR) is 102 cm³/mol. The highest BCUT2D eigenvalue weighted by atomic mass is 16.5. The van der Waals surface area contributed by atoms with Crippen molar-refractivity contribution < 1.29 is 9.53 Å². The number of aromatic nitrogens is 2. The molecule has 3 aliphatic rings. The summed E-state index contributed by atoms with van der Waals surface area (Å²) in [6.45, 7) is 5.02. The number of nitrogens with zero attached hydrogens (tertiary/aromatic N) is 4. The van der Waals surface area contributed by atoms with Gasteiger partial charge in [0.1, 0.15) is 6.33 Å². The van der Waals surface area contributed by atoms with Gasteiger partial charge in [-0.05, 0) is 25.7 Å². The molecule has 1 aliphatic carbocycles. The van der Waals surface area contributed by atoms with Gasteiger partial charge in [0, 0.05) is 56.7 Å². The number of amides is 2. The van der Waals surface area contributed by atoms with E-state index in [4.69, 9.17) is 4.74 Å². The Morgan fingerprint density at radius 2 is 1.89 bits per heavy atom. The number of carbonyl (C=O) groups is 1. The van der Waals surface area contributed by atoms with Crippen LogP contribution in [0.5, 0.6) is 0 Å². The molecule has 1 aromatic rings. The predicted octanol–water partition coefficient (Wildman–Crippen LogP) is 2.19. The van der Waals surface area contributed by atoms with Crippen molar-refractivity contribution in [3.8, 4) is 0 Å². The number of hydrogen-bond acceptors (Lipinski definition) is 5. The van der Waals surface area contributed by atoms with Crippen molar-refractivity contribution in [1.82, 2.24) is 25.1 Å². The maximum atomic E-state index is 12.6. The van der Waals surface area contributed by atoms with E-state index in [0.717, 1.165) is 70.6 Å². The number of urea groups is 1. The molecule has 1 N–H and O–H groups in total. The van der Waals surface area contributed by atoms with Crippen LogP contribution in [0.25, 0.3) is 0 Å². The van der Waals surface area contributed by atoms with Gasteiger partial charge in [-0.25, -0.2) is 14.8 Å². The van der Waals surface area contributed by atoms with E-state index in [1.165, 1.54) is 19.3 Å². The zero-order valence-electron chi connectivity index (χ0n) is 16.1. The summed E-state index contributed by atoms with van der Waals surface area (Å²) < 4.78 is 6.22. The molecule has 3 heterocycles. The van der Waals surface area contributed by atoms with Gasteiger partial charge >= 0.3 is 6.03 Å². The molecule has 3 fully saturated rings. The van der Waals surface area contributed by atoms with E-state index in [1.807, 2.05) is 17.3 Å². The molecular formula is C20H31N5O2. The normalized spacial score (nSPS) is 24.1. The van der Waals surface area contributed by atoms with E-state index in [0.29, 0.717) is 6.04 Å². The first-order chi connectivity index (χ1) is 13.2. The second kappa shape index (κ2) is 8.52. The molecule has 2 aliphatic heterocycles.